The maximum Gasteiger partial charge on any atom is 0.221 e. The molecule has 3 heteroatoms. The first-order chi connectivity index (χ1) is 9.38. The van der Waals surface area contributed by atoms with E-state index in [0.29, 0.717) is 5.88 Å². The van der Waals surface area contributed by atoms with E-state index in [-0.39, 0.29) is 6.61 Å². The molecule has 0 radical (unpaired) electrons. The third kappa shape index (κ3) is 2.56. The molecule has 1 aliphatic carbocycles. The summed E-state index contributed by atoms with van der Waals surface area (Å²) < 4.78 is 5.83. The van der Waals surface area contributed by atoms with Crippen LogP contribution in [0.25, 0.3) is 10.8 Å². The second kappa shape index (κ2) is 5.57. The van der Waals surface area contributed by atoms with Crippen LogP contribution in [0.3, 0.4) is 0 Å². The lowest BCUT2D eigenvalue weighted by Crippen LogP contribution is -2.14. The van der Waals surface area contributed by atoms with Gasteiger partial charge in [-0.2, -0.15) is 0 Å². The average molecular weight is 257 g/mol. The summed E-state index contributed by atoms with van der Waals surface area (Å²) in [4.78, 5) is 4.34. The molecule has 2 aromatic rings. The Morgan fingerprint density at radius 1 is 1.21 bits per heavy atom. The lowest BCUT2D eigenvalue weighted by molar-refractivity contribution is 0.219. The second-order valence-corrected chi connectivity index (χ2v) is 5.23. The Kier molecular flexibility index (Phi) is 3.65. The predicted octanol–water partition coefficient (Wildman–Crippen LogP) is 3.30. The molecule has 1 heterocycles. The number of aliphatic hydroxyl groups is 1. The van der Waals surface area contributed by atoms with Crippen LogP contribution in [0.15, 0.2) is 30.5 Å². The van der Waals surface area contributed by atoms with Crippen LogP contribution in [0.4, 0.5) is 0 Å². The van der Waals surface area contributed by atoms with Crippen molar-refractivity contribution in [2.75, 3.05) is 6.61 Å². The van der Waals surface area contributed by atoms with Gasteiger partial charge in [-0.15, -0.1) is 0 Å². The fourth-order valence-corrected chi connectivity index (χ4v) is 2.57. The minimum absolute atomic E-state index is 0.00979. The first-order valence-electron chi connectivity index (χ1n) is 6.99. The first kappa shape index (κ1) is 12.4. The molecule has 3 nitrogen and oxygen atoms in total. The van der Waals surface area contributed by atoms with Crippen molar-refractivity contribution < 1.29 is 9.84 Å². The number of aromatic nitrogens is 1. The molecule has 19 heavy (non-hydrogen) atoms. The lowest BCUT2D eigenvalue weighted by Gasteiger charge is -2.25. The molecule has 0 amide bonds. The number of ether oxygens (including phenoxy) is 1. The van der Waals surface area contributed by atoms with Crippen molar-refractivity contribution >= 4 is 10.8 Å². The average Bonchev–Trinajstić information content (AvgIpc) is 2.41. The molecule has 3 rings (SSSR count). The van der Waals surface area contributed by atoms with Crippen LogP contribution >= 0.6 is 0 Å². The van der Waals surface area contributed by atoms with Gasteiger partial charge in [0.2, 0.25) is 5.88 Å². The predicted molar refractivity (Wildman–Crippen MR) is 75.1 cm³/mol. The third-order valence-electron chi connectivity index (χ3n) is 4.00. The Morgan fingerprint density at radius 2 is 2.00 bits per heavy atom. The number of hydrogen-bond acceptors (Lipinski definition) is 3. The first-order valence-corrected chi connectivity index (χ1v) is 6.99. The van der Waals surface area contributed by atoms with Crippen LogP contribution < -0.4 is 4.74 Å². The molecule has 1 aromatic carbocycles. The van der Waals surface area contributed by atoms with Crippen LogP contribution in [0, 0.1) is 5.92 Å². The van der Waals surface area contributed by atoms with Gasteiger partial charge in [0.05, 0.1) is 13.2 Å². The van der Waals surface area contributed by atoms with Crippen LogP contribution in [-0.2, 0) is 6.61 Å². The van der Waals surface area contributed by atoms with Crippen LogP contribution in [0.2, 0.25) is 0 Å². The molecule has 0 bridgehead atoms. The van der Waals surface area contributed by atoms with Crippen LogP contribution in [-0.4, -0.2) is 16.7 Å². The summed E-state index contributed by atoms with van der Waals surface area (Å²) in [7, 11) is 0. The zero-order valence-electron chi connectivity index (χ0n) is 11.0. The number of pyridine rings is 1. The normalized spacial score (nSPS) is 15.4. The molecule has 1 saturated carbocycles. The number of rotatable bonds is 5. The maximum atomic E-state index is 9.33. The van der Waals surface area contributed by atoms with E-state index >= 15 is 0 Å². The van der Waals surface area contributed by atoms with E-state index in [4.69, 9.17) is 4.74 Å². The molecule has 1 aliphatic rings. The van der Waals surface area contributed by atoms with Crippen molar-refractivity contribution in [3.05, 3.63) is 36.0 Å². The van der Waals surface area contributed by atoms with E-state index in [1.807, 2.05) is 24.3 Å². The molecule has 1 fully saturated rings. The molecule has 0 unspecified atom stereocenters. The third-order valence-corrected chi connectivity index (χ3v) is 4.00. The van der Waals surface area contributed by atoms with Crippen LogP contribution in [0.5, 0.6) is 5.88 Å². The highest BCUT2D eigenvalue weighted by atomic mass is 16.5. The standard InChI is InChI=1S/C16H19NO2/c18-11-13-10-17-16(15-7-2-1-6-14(13)15)19-9-8-12-4-3-5-12/h1-2,6-7,10,12,18H,3-5,8-9,11H2. The van der Waals surface area contributed by atoms with E-state index < -0.39 is 0 Å². The molecule has 0 saturated heterocycles. The van der Waals surface area contributed by atoms with Gasteiger partial charge >= 0.3 is 0 Å². The highest BCUT2D eigenvalue weighted by molar-refractivity contribution is 5.89. The minimum Gasteiger partial charge on any atom is -0.477 e. The van der Waals surface area contributed by atoms with Crippen molar-refractivity contribution in [2.24, 2.45) is 5.92 Å². The Morgan fingerprint density at radius 3 is 2.68 bits per heavy atom. The molecule has 1 N–H and O–H groups in total. The zero-order valence-corrected chi connectivity index (χ0v) is 11.0. The van der Waals surface area contributed by atoms with E-state index in [1.54, 1.807) is 6.20 Å². The highest BCUT2D eigenvalue weighted by Gasteiger charge is 2.17. The summed E-state index contributed by atoms with van der Waals surface area (Å²) in [5.74, 6) is 1.54. The summed E-state index contributed by atoms with van der Waals surface area (Å²) in [6.45, 7) is 0.746. The van der Waals surface area contributed by atoms with Gasteiger partial charge in [0.25, 0.3) is 0 Å². The van der Waals surface area contributed by atoms with Gasteiger partial charge < -0.3 is 9.84 Å². The molecule has 100 valence electrons. The smallest absolute Gasteiger partial charge is 0.221 e. The van der Waals surface area contributed by atoms with E-state index in [1.165, 1.54) is 19.3 Å². The Labute approximate surface area is 113 Å². The van der Waals surface area contributed by atoms with Gasteiger partial charge in [-0.05, 0) is 23.8 Å². The van der Waals surface area contributed by atoms with Crippen molar-refractivity contribution in [3.63, 3.8) is 0 Å². The monoisotopic (exact) mass is 257 g/mol. The number of aliphatic hydroxyl groups excluding tert-OH is 1. The summed E-state index contributed by atoms with van der Waals surface area (Å²) in [6.07, 6.45) is 6.90. The number of hydrogen-bond donors (Lipinski definition) is 1. The lowest BCUT2D eigenvalue weighted by atomic mass is 9.83. The molecule has 0 spiro atoms. The Hall–Kier alpha value is -1.61. The molecule has 0 aliphatic heterocycles. The summed E-state index contributed by atoms with van der Waals surface area (Å²) >= 11 is 0. The van der Waals surface area contributed by atoms with Gasteiger partial charge in [0, 0.05) is 17.1 Å². The maximum absolute atomic E-state index is 9.33. The quantitative estimate of drug-likeness (QED) is 0.893. The van der Waals surface area contributed by atoms with Crippen LogP contribution in [0.1, 0.15) is 31.2 Å². The number of nitrogens with zero attached hydrogens (tertiary/aromatic N) is 1. The molecular formula is C16H19NO2. The van der Waals surface area contributed by atoms with Gasteiger partial charge in [0.15, 0.2) is 0 Å². The Balaban J connectivity index is 1.78. The largest absolute Gasteiger partial charge is 0.477 e. The fraction of sp³-hybridized carbons (Fsp3) is 0.438. The number of fused-ring (bicyclic) bond motifs is 1. The number of benzene rings is 1. The second-order valence-electron chi connectivity index (χ2n) is 5.23. The molecule has 0 atom stereocenters. The zero-order chi connectivity index (χ0) is 13.1. The summed E-state index contributed by atoms with van der Waals surface area (Å²) in [6, 6.07) is 7.95. The van der Waals surface area contributed by atoms with Gasteiger partial charge in [-0.25, -0.2) is 4.98 Å². The Bertz CT molecular complexity index is 564. The van der Waals surface area contributed by atoms with E-state index in [0.717, 1.165) is 35.3 Å². The van der Waals surface area contributed by atoms with E-state index in [2.05, 4.69) is 4.98 Å². The molecule has 1 aromatic heterocycles. The van der Waals surface area contributed by atoms with Gasteiger partial charge in [0.1, 0.15) is 0 Å². The highest BCUT2D eigenvalue weighted by Crippen LogP contribution is 2.30. The molecular weight excluding hydrogens is 238 g/mol. The summed E-state index contributed by atoms with van der Waals surface area (Å²) in [5, 5.41) is 11.3. The minimum atomic E-state index is 0.00979. The SMILES string of the molecule is OCc1cnc(OCCC2CCC2)c2ccccc12. The summed E-state index contributed by atoms with van der Waals surface area (Å²) in [5.41, 5.74) is 0.849. The topological polar surface area (TPSA) is 42.4 Å². The van der Waals surface area contributed by atoms with Gasteiger partial charge in [-0.1, -0.05) is 37.5 Å². The van der Waals surface area contributed by atoms with Gasteiger partial charge in [-0.3, -0.25) is 0 Å². The van der Waals surface area contributed by atoms with Crippen molar-refractivity contribution in [1.82, 2.24) is 4.98 Å². The van der Waals surface area contributed by atoms with Crippen molar-refractivity contribution in [1.29, 1.82) is 0 Å². The van der Waals surface area contributed by atoms with Crippen molar-refractivity contribution in [3.8, 4) is 5.88 Å². The fourth-order valence-electron chi connectivity index (χ4n) is 2.57. The van der Waals surface area contributed by atoms with Crippen molar-refractivity contribution in [2.45, 2.75) is 32.3 Å². The van der Waals surface area contributed by atoms with E-state index in [9.17, 15) is 5.11 Å².